The number of carboxylic acids is 1. The van der Waals surface area contributed by atoms with Crippen molar-refractivity contribution in [2.75, 3.05) is 12.4 Å². The van der Waals surface area contributed by atoms with Crippen LogP contribution in [-0.2, 0) is 21.4 Å². The Morgan fingerprint density at radius 1 is 1.47 bits per heavy atom. The monoisotopic (exact) mass is 261 g/mol. The molecule has 2 N–H and O–H groups in total. The number of ether oxygens (including phenoxy) is 1. The fraction of sp³-hybridized carbons (Fsp3) is 0.429. The Kier molecular flexibility index (Phi) is 2.52. The lowest BCUT2D eigenvalue weighted by atomic mass is 9.90. The second-order valence-corrected chi connectivity index (χ2v) is 5.29. The SMILES string of the molecule is COc1cc(C2(CC(=O)O)CC2)cc2c1NC(=O)C2. The first-order chi connectivity index (χ1) is 9.04. The highest BCUT2D eigenvalue weighted by molar-refractivity contribution is 6.01. The third-order valence-corrected chi connectivity index (χ3v) is 3.97. The molecule has 1 saturated carbocycles. The van der Waals surface area contributed by atoms with E-state index in [9.17, 15) is 9.59 Å². The molecule has 0 saturated heterocycles. The molecular formula is C14H15NO4. The number of carboxylic acid groups (broad SMARTS) is 1. The molecule has 19 heavy (non-hydrogen) atoms. The molecule has 0 radical (unpaired) electrons. The summed E-state index contributed by atoms with van der Waals surface area (Å²) in [5.74, 6) is -0.213. The number of aliphatic carboxylic acids is 1. The molecule has 1 amide bonds. The fourth-order valence-corrected chi connectivity index (χ4v) is 2.79. The van der Waals surface area contributed by atoms with Crippen molar-refractivity contribution in [2.45, 2.75) is 31.1 Å². The number of hydrogen-bond acceptors (Lipinski definition) is 3. The van der Waals surface area contributed by atoms with Gasteiger partial charge in [0, 0.05) is 5.41 Å². The maximum absolute atomic E-state index is 11.5. The Hall–Kier alpha value is -2.04. The minimum absolute atomic E-state index is 0.0477. The molecule has 1 aromatic rings. The zero-order chi connectivity index (χ0) is 13.6. The molecule has 0 unspecified atom stereocenters. The van der Waals surface area contributed by atoms with E-state index in [2.05, 4.69) is 5.32 Å². The fourth-order valence-electron chi connectivity index (χ4n) is 2.79. The molecule has 1 aromatic carbocycles. The molecule has 0 aromatic heterocycles. The van der Waals surface area contributed by atoms with Gasteiger partial charge in [0.15, 0.2) is 0 Å². The molecule has 0 atom stereocenters. The Morgan fingerprint density at radius 2 is 2.21 bits per heavy atom. The topological polar surface area (TPSA) is 75.6 Å². The Labute approximate surface area is 110 Å². The highest BCUT2D eigenvalue weighted by atomic mass is 16.5. The largest absolute Gasteiger partial charge is 0.495 e. The Balaban J connectivity index is 2.03. The predicted molar refractivity (Wildman–Crippen MR) is 68.5 cm³/mol. The number of rotatable bonds is 4. The van der Waals surface area contributed by atoms with Crippen LogP contribution in [0.2, 0.25) is 0 Å². The average Bonchev–Trinajstić information content (AvgIpc) is 3.01. The van der Waals surface area contributed by atoms with Crippen LogP contribution in [0.15, 0.2) is 12.1 Å². The van der Waals surface area contributed by atoms with Gasteiger partial charge in [0.25, 0.3) is 0 Å². The molecule has 0 bridgehead atoms. The number of hydrogen-bond donors (Lipinski definition) is 2. The van der Waals surface area contributed by atoms with Crippen LogP contribution in [0.3, 0.4) is 0 Å². The zero-order valence-electron chi connectivity index (χ0n) is 10.7. The van der Waals surface area contributed by atoms with E-state index in [0.717, 1.165) is 29.7 Å². The lowest BCUT2D eigenvalue weighted by molar-refractivity contribution is -0.137. The van der Waals surface area contributed by atoms with Gasteiger partial charge in [0.05, 0.1) is 25.6 Å². The molecule has 100 valence electrons. The molecule has 1 aliphatic heterocycles. The maximum atomic E-state index is 11.5. The Morgan fingerprint density at radius 3 is 2.79 bits per heavy atom. The third-order valence-electron chi connectivity index (χ3n) is 3.97. The van der Waals surface area contributed by atoms with Gasteiger partial charge in [-0.3, -0.25) is 9.59 Å². The van der Waals surface area contributed by atoms with Crippen molar-refractivity contribution in [1.82, 2.24) is 0 Å². The number of anilines is 1. The van der Waals surface area contributed by atoms with Gasteiger partial charge in [-0.1, -0.05) is 6.07 Å². The summed E-state index contributed by atoms with van der Waals surface area (Å²) in [6, 6.07) is 3.81. The Bertz CT molecular complexity index is 575. The number of methoxy groups -OCH3 is 1. The van der Waals surface area contributed by atoms with Gasteiger partial charge >= 0.3 is 5.97 Å². The van der Waals surface area contributed by atoms with Crippen molar-refractivity contribution in [3.63, 3.8) is 0 Å². The smallest absolute Gasteiger partial charge is 0.304 e. The quantitative estimate of drug-likeness (QED) is 0.865. The minimum atomic E-state index is -0.786. The van der Waals surface area contributed by atoms with E-state index in [-0.39, 0.29) is 17.7 Å². The predicted octanol–water partition coefficient (Wildman–Crippen LogP) is 1.70. The molecule has 5 nitrogen and oxygen atoms in total. The number of carbonyl (C=O) groups is 2. The highest BCUT2D eigenvalue weighted by Gasteiger charge is 2.46. The van der Waals surface area contributed by atoms with Gasteiger partial charge in [-0.05, 0) is 30.0 Å². The number of carbonyl (C=O) groups excluding carboxylic acids is 1. The van der Waals surface area contributed by atoms with Crippen LogP contribution < -0.4 is 10.1 Å². The zero-order valence-corrected chi connectivity index (χ0v) is 10.7. The normalized spacial score (nSPS) is 18.7. The van der Waals surface area contributed by atoms with Gasteiger partial charge in [-0.2, -0.15) is 0 Å². The maximum Gasteiger partial charge on any atom is 0.304 e. The van der Waals surface area contributed by atoms with Gasteiger partial charge in [0.1, 0.15) is 5.75 Å². The molecule has 1 fully saturated rings. The van der Waals surface area contributed by atoms with Crippen molar-refractivity contribution < 1.29 is 19.4 Å². The van der Waals surface area contributed by atoms with Crippen LogP contribution >= 0.6 is 0 Å². The molecule has 3 rings (SSSR count). The van der Waals surface area contributed by atoms with Crippen molar-refractivity contribution in [3.8, 4) is 5.75 Å². The number of fused-ring (bicyclic) bond motifs is 1. The first-order valence-corrected chi connectivity index (χ1v) is 6.27. The average molecular weight is 261 g/mol. The van der Waals surface area contributed by atoms with Crippen molar-refractivity contribution >= 4 is 17.6 Å². The van der Waals surface area contributed by atoms with Gasteiger partial charge in [-0.15, -0.1) is 0 Å². The summed E-state index contributed by atoms with van der Waals surface area (Å²) in [6.07, 6.45) is 2.23. The van der Waals surface area contributed by atoms with E-state index >= 15 is 0 Å². The second-order valence-electron chi connectivity index (χ2n) is 5.29. The van der Waals surface area contributed by atoms with E-state index in [4.69, 9.17) is 9.84 Å². The molecule has 1 aliphatic carbocycles. The number of nitrogens with one attached hydrogen (secondary N) is 1. The third kappa shape index (κ3) is 1.95. The van der Waals surface area contributed by atoms with Crippen LogP contribution in [0.1, 0.15) is 30.4 Å². The summed E-state index contributed by atoms with van der Waals surface area (Å²) in [6.45, 7) is 0. The molecule has 5 heteroatoms. The second kappa shape index (κ2) is 3.98. The van der Waals surface area contributed by atoms with Crippen molar-refractivity contribution in [1.29, 1.82) is 0 Å². The van der Waals surface area contributed by atoms with Gasteiger partial charge in [-0.25, -0.2) is 0 Å². The van der Waals surface area contributed by atoms with E-state index in [1.54, 1.807) is 7.11 Å². The van der Waals surface area contributed by atoms with Gasteiger partial charge in [0.2, 0.25) is 5.91 Å². The van der Waals surface area contributed by atoms with Crippen LogP contribution in [0.25, 0.3) is 0 Å². The van der Waals surface area contributed by atoms with E-state index in [1.165, 1.54) is 0 Å². The number of benzene rings is 1. The van der Waals surface area contributed by atoms with Crippen LogP contribution in [0, 0.1) is 0 Å². The summed E-state index contributed by atoms with van der Waals surface area (Å²) in [4.78, 5) is 22.4. The summed E-state index contributed by atoms with van der Waals surface area (Å²) in [5, 5.41) is 11.8. The molecule has 1 heterocycles. The lowest BCUT2D eigenvalue weighted by Crippen LogP contribution is -2.13. The lowest BCUT2D eigenvalue weighted by Gasteiger charge is -2.16. The standard InChI is InChI=1S/C14H15NO4/c1-19-10-6-9(14(2-3-14)7-12(17)18)4-8-5-11(16)15-13(8)10/h4,6H,2-3,5,7H2,1H3,(H,15,16)(H,17,18). The summed E-state index contributed by atoms with van der Waals surface area (Å²) < 4.78 is 5.31. The molecule has 0 spiro atoms. The number of amides is 1. The van der Waals surface area contributed by atoms with E-state index in [0.29, 0.717) is 12.2 Å². The van der Waals surface area contributed by atoms with Crippen molar-refractivity contribution in [2.24, 2.45) is 0 Å². The van der Waals surface area contributed by atoms with Crippen LogP contribution in [0.4, 0.5) is 5.69 Å². The summed E-state index contributed by atoms with van der Waals surface area (Å²) in [7, 11) is 1.56. The first-order valence-electron chi connectivity index (χ1n) is 6.27. The molecular weight excluding hydrogens is 246 g/mol. The van der Waals surface area contributed by atoms with Crippen LogP contribution in [0.5, 0.6) is 5.75 Å². The summed E-state index contributed by atoms with van der Waals surface area (Å²) >= 11 is 0. The van der Waals surface area contributed by atoms with E-state index in [1.807, 2.05) is 12.1 Å². The molecule has 2 aliphatic rings. The minimum Gasteiger partial charge on any atom is -0.495 e. The van der Waals surface area contributed by atoms with Crippen LogP contribution in [-0.4, -0.2) is 24.1 Å². The van der Waals surface area contributed by atoms with Gasteiger partial charge < -0.3 is 15.2 Å². The van der Waals surface area contributed by atoms with Crippen molar-refractivity contribution in [3.05, 3.63) is 23.3 Å². The highest BCUT2D eigenvalue weighted by Crippen LogP contribution is 2.53. The first kappa shape index (κ1) is 12.0. The summed E-state index contributed by atoms with van der Waals surface area (Å²) in [5.41, 5.74) is 2.33. The van der Waals surface area contributed by atoms with E-state index < -0.39 is 5.97 Å².